The van der Waals surface area contributed by atoms with Gasteiger partial charge in [-0.3, -0.25) is 0 Å². The first kappa shape index (κ1) is 11.5. The number of carbonyl (C=O) groups is 1. The van der Waals surface area contributed by atoms with E-state index in [9.17, 15) is 4.79 Å². The number of rotatable bonds is 2. The van der Waals surface area contributed by atoms with Crippen molar-refractivity contribution >= 4 is 11.5 Å². The maximum atomic E-state index is 10.8. The number of fused-ring (bicyclic) bond motifs is 1. The topological polar surface area (TPSA) is 55.8 Å². The molecule has 0 spiro atoms. The summed E-state index contributed by atoms with van der Waals surface area (Å²) >= 11 is 0. The van der Waals surface area contributed by atoms with Gasteiger partial charge >= 0.3 is 5.97 Å². The van der Waals surface area contributed by atoms with E-state index in [1.54, 1.807) is 7.11 Å². The van der Waals surface area contributed by atoms with Crippen molar-refractivity contribution in [2.75, 3.05) is 13.7 Å². The first-order valence-corrected chi connectivity index (χ1v) is 5.45. The molecule has 1 N–H and O–H groups in total. The monoisotopic (exact) mass is 234 g/mol. The molecule has 1 aliphatic rings. The molecule has 2 rings (SSSR count). The van der Waals surface area contributed by atoms with Crippen molar-refractivity contribution in [3.8, 4) is 11.5 Å². The van der Waals surface area contributed by atoms with Crippen molar-refractivity contribution in [1.82, 2.24) is 0 Å². The van der Waals surface area contributed by atoms with Crippen LogP contribution in [0, 0.1) is 0 Å². The van der Waals surface area contributed by atoms with E-state index in [2.05, 4.69) is 0 Å². The number of benzene rings is 1. The Bertz CT molecular complexity index is 462. The van der Waals surface area contributed by atoms with Gasteiger partial charge in [0.2, 0.25) is 0 Å². The zero-order valence-corrected chi connectivity index (χ0v) is 9.60. The fourth-order valence-electron chi connectivity index (χ4n) is 1.89. The van der Waals surface area contributed by atoms with Crippen molar-refractivity contribution in [2.24, 2.45) is 0 Å². The Balaban J connectivity index is 2.49. The van der Waals surface area contributed by atoms with E-state index < -0.39 is 5.97 Å². The normalized spacial score (nSPS) is 16.9. The Kier molecular flexibility index (Phi) is 3.32. The first-order valence-electron chi connectivity index (χ1n) is 5.45. The SMILES string of the molecule is COc1ccc2c(c1)/C(=C/C(=O)O)CCCO2. The van der Waals surface area contributed by atoms with Gasteiger partial charge in [0.05, 0.1) is 13.7 Å². The molecule has 0 radical (unpaired) electrons. The molecule has 1 heterocycles. The summed E-state index contributed by atoms with van der Waals surface area (Å²) in [6.45, 7) is 0.607. The van der Waals surface area contributed by atoms with Crippen molar-refractivity contribution < 1.29 is 19.4 Å². The highest BCUT2D eigenvalue weighted by atomic mass is 16.5. The summed E-state index contributed by atoms with van der Waals surface area (Å²) in [5.41, 5.74) is 1.59. The van der Waals surface area contributed by atoms with Crippen LogP contribution in [0.15, 0.2) is 24.3 Å². The van der Waals surface area contributed by atoms with Crippen LogP contribution in [-0.4, -0.2) is 24.8 Å². The molecule has 0 fully saturated rings. The quantitative estimate of drug-likeness (QED) is 0.798. The number of hydrogen-bond acceptors (Lipinski definition) is 3. The molecule has 90 valence electrons. The fraction of sp³-hybridized carbons (Fsp3) is 0.308. The number of ether oxygens (including phenoxy) is 2. The second-order valence-corrected chi connectivity index (χ2v) is 3.82. The second kappa shape index (κ2) is 4.91. The van der Waals surface area contributed by atoms with Crippen molar-refractivity contribution in [3.05, 3.63) is 29.8 Å². The second-order valence-electron chi connectivity index (χ2n) is 3.82. The third-order valence-electron chi connectivity index (χ3n) is 2.68. The third-order valence-corrected chi connectivity index (χ3v) is 2.68. The minimum Gasteiger partial charge on any atom is -0.497 e. The Hall–Kier alpha value is -1.97. The lowest BCUT2D eigenvalue weighted by Crippen LogP contribution is -1.95. The summed E-state index contributed by atoms with van der Waals surface area (Å²) in [7, 11) is 1.58. The van der Waals surface area contributed by atoms with Crippen LogP contribution in [0.2, 0.25) is 0 Å². The summed E-state index contributed by atoms with van der Waals surface area (Å²) in [6.07, 6.45) is 2.76. The van der Waals surface area contributed by atoms with Gasteiger partial charge in [-0.15, -0.1) is 0 Å². The maximum Gasteiger partial charge on any atom is 0.328 e. The van der Waals surface area contributed by atoms with Gasteiger partial charge in [-0.25, -0.2) is 4.79 Å². The van der Waals surface area contributed by atoms with Crippen molar-refractivity contribution in [2.45, 2.75) is 12.8 Å². The molecule has 4 nitrogen and oxygen atoms in total. The zero-order chi connectivity index (χ0) is 12.3. The van der Waals surface area contributed by atoms with Crippen molar-refractivity contribution in [1.29, 1.82) is 0 Å². The number of aliphatic carboxylic acids is 1. The number of carboxylic acids is 1. The standard InChI is InChI=1S/C13H14O4/c1-16-10-4-5-12-11(8-10)9(7-13(14)15)3-2-6-17-12/h4-5,7-8H,2-3,6H2,1H3,(H,14,15)/b9-7+. The summed E-state index contributed by atoms with van der Waals surface area (Å²) in [4.78, 5) is 10.8. The molecule has 1 aliphatic heterocycles. The molecule has 0 aromatic heterocycles. The van der Waals surface area contributed by atoms with E-state index in [1.807, 2.05) is 18.2 Å². The third kappa shape index (κ3) is 2.58. The van der Waals surface area contributed by atoms with Crippen LogP contribution in [0.3, 0.4) is 0 Å². The van der Waals surface area contributed by atoms with Crippen LogP contribution in [0.1, 0.15) is 18.4 Å². The molecule has 0 bridgehead atoms. The number of hydrogen-bond donors (Lipinski definition) is 1. The molecule has 0 aliphatic carbocycles. The van der Waals surface area contributed by atoms with E-state index in [0.717, 1.165) is 23.3 Å². The number of carboxylic acid groups (broad SMARTS) is 1. The predicted molar refractivity (Wildman–Crippen MR) is 63.3 cm³/mol. The Labute approximate surface area is 99.5 Å². The van der Waals surface area contributed by atoms with E-state index in [1.165, 1.54) is 6.08 Å². The Morgan fingerprint density at radius 2 is 2.35 bits per heavy atom. The highest BCUT2D eigenvalue weighted by Crippen LogP contribution is 2.34. The van der Waals surface area contributed by atoms with Gasteiger partial charge in [0.1, 0.15) is 11.5 Å². The zero-order valence-electron chi connectivity index (χ0n) is 9.60. The average Bonchev–Trinajstić information content (AvgIpc) is 2.51. The summed E-state index contributed by atoms with van der Waals surface area (Å²) in [5, 5.41) is 8.86. The van der Waals surface area contributed by atoms with Crippen LogP contribution in [0.5, 0.6) is 11.5 Å². The van der Waals surface area contributed by atoms with Gasteiger partial charge in [-0.05, 0) is 36.6 Å². The van der Waals surface area contributed by atoms with E-state index in [-0.39, 0.29) is 0 Å². The molecule has 0 saturated carbocycles. The molecular formula is C13H14O4. The fourth-order valence-corrected chi connectivity index (χ4v) is 1.89. The number of methoxy groups -OCH3 is 1. The van der Waals surface area contributed by atoms with E-state index >= 15 is 0 Å². The van der Waals surface area contributed by atoms with Gasteiger partial charge in [0.15, 0.2) is 0 Å². The lowest BCUT2D eigenvalue weighted by molar-refractivity contribution is -0.131. The summed E-state index contributed by atoms with van der Waals surface area (Å²) in [5.74, 6) is 0.483. The van der Waals surface area contributed by atoms with Crippen LogP contribution < -0.4 is 9.47 Å². The van der Waals surface area contributed by atoms with Crippen LogP contribution in [-0.2, 0) is 4.79 Å². The lowest BCUT2D eigenvalue weighted by Gasteiger charge is -2.10. The Morgan fingerprint density at radius 1 is 1.53 bits per heavy atom. The van der Waals surface area contributed by atoms with Gasteiger partial charge in [0.25, 0.3) is 0 Å². The smallest absolute Gasteiger partial charge is 0.328 e. The summed E-state index contributed by atoms with van der Waals surface area (Å²) < 4.78 is 10.7. The predicted octanol–water partition coefficient (Wildman–Crippen LogP) is 2.34. The Morgan fingerprint density at radius 3 is 3.06 bits per heavy atom. The largest absolute Gasteiger partial charge is 0.497 e. The molecule has 1 aromatic rings. The molecule has 0 saturated heterocycles. The van der Waals surface area contributed by atoms with E-state index in [0.29, 0.717) is 18.8 Å². The lowest BCUT2D eigenvalue weighted by atomic mass is 10.0. The highest BCUT2D eigenvalue weighted by Gasteiger charge is 2.15. The van der Waals surface area contributed by atoms with Crippen LogP contribution in [0.25, 0.3) is 5.57 Å². The number of allylic oxidation sites excluding steroid dienone is 1. The minimum atomic E-state index is -0.935. The minimum absolute atomic E-state index is 0.607. The van der Waals surface area contributed by atoms with Crippen molar-refractivity contribution in [3.63, 3.8) is 0 Å². The molecule has 0 unspecified atom stereocenters. The highest BCUT2D eigenvalue weighted by molar-refractivity contribution is 5.91. The average molecular weight is 234 g/mol. The van der Waals surface area contributed by atoms with E-state index in [4.69, 9.17) is 14.6 Å². The van der Waals surface area contributed by atoms with Gasteiger partial charge in [-0.2, -0.15) is 0 Å². The van der Waals surface area contributed by atoms with Gasteiger partial charge in [0, 0.05) is 11.6 Å². The first-order chi connectivity index (χ1) is 8.20. The molecule has 1 aromatic carbocycles. The van der Waals surface area contributed by atoms with Gasteiger partial charge < -0.3 is 14.6 Å². The molecular weight excluding hydrogens is 220 g/mol. The van der Waals surface area contributed by atoms with Crippen LogP contribution in [0.4, 0.5) is 0 Å². The van der Waals surface area contributed by atoms with Crippen LogP contribution >= 0.6 is 0 Å². The molecule has 4 heteroatoms. The summed E-state index contributed by atoms with van der Waals surface area (Å²) in [6, 6.07) is 5.44. The molecule has 0 amide bonds. The van der Waals surface area contributed by atoms with Gasteiger partial charge in [-0.1, -0.05) is 0 Å². The molecule has 0 atom stereocenters. The maximum absolute atomic E-state index is 10.8. The molecule has 17 heavy (non-hydrogen) atoms.